The minimum Gasteiger partial charge on any atom is -0.481 e. The van der Waals surface area contributed by atoms with E-state index in [0.29, 0.717) is 5.16 Å². The molecule has 1 aromatic rings. The van der Waals surface area contributed by atoms with E-state index in [-0.39, 0.29) is 11.7 Å². The van der Waals surface area contributed by atoms with Gasteiger partial charge in [0.05, 0.1) is 12.9 Å². The monoisotopic (exact) mass is 258 g/mol. The number of carboxylic acid groups (broad SMARTS) is 1. The summed E-state index contributed by atoms with van der Waals surface area (Å²) in [6.45, 7) is 3.49. The molecule has 0 amide bonds. The quantitative estimate of drug-likeness (QED) is 0.629. The van der Waals surface area contributed by atoms with Gasteiger partial charge >= 0.3 is 11.9 Å². The zero-order chi connectivity index (χ0) is 13.0. The Labute approximate surface area is 103 Å². The van der Waals surface area contributed by atoms with Crippen molar-refractivity contribution < 1.29 is 19.4 Å². The topological polar surface area (TPSA) is 81.4 Å². The first-order valence-electron chi connectivity index (χ1n) is 4.93. The van der Waals surface area contributed by atoms with Gasteiger partial charge in [-0.25, -0.2) is 9.78 Å². The van der Waals surface area contributed by atoms with Crippen LogP contribution >= 0.6 is 11.8 Å². The lowest BCUT2D eigenvalue weighted by molar-refractivity contribution is -0.144. The van der Waals surface area contributed by atoms with Gasteiger partial charge in [0.25, 0.3) is 0 Å². The number of aromatic nitrogens is 2. The third-order valence-electron chi connectivity index (χ3n) is 2.20. The van der Waals surface area contributed by atoms with E-state index < -0.39 is 12.0 Å². The van der Waals surface area contributed by atoms with Gasteiger partial charge in [-0.2, -0.15) is 0 Å². The van der Waals surface area contributed by atoms with Gasteiger partial charge in [0, 0.05) is 11.9 Å². The molecule has 0 fully saturated rings. The predicted octanol–water partition coefficient (Wildman–Crippen LogP) is 1.10. The number of nitrogens with zero attached hydrogens (tertiary/aromatic N) is 2. The first kappa shape index (κ1) is 13.6. The first-order chi connectivity index (χ1) is 7.97. The highest BCUT2D eigenvalue weighted by Gasteiger charge is 2.21. The predicted molar refractivity (Wildman–Crippen MR) is 62.1 cm³/mol. The van der Waals surface area contributed by atoms with Crippen molar-refractivity contribution in [3.63, 3.8) is 0 Å². The average Bonchev–Trinajstić information content (AvgIpc) is 2.65. The fraction of sp³-hybridized carbons (Fsp3) is 0.500. The van der Waals surface area contributed by atoms with E-state index in [1.54, 1.807) is 24.6 Å². The van der Waals surface area contributed by atoms with Crippen LogP contribution in [0.4, 0.5) is 0 Å². The van der Waals surface area contributed by atoms with Crippen LogP contribution in [0.15, 0.2) is 11.4 Å². The molecule has 1 N–H and O–H groups in total. The molecule has 1 aromatic heterocycles. The van der Waals surface area contributed by atoms with Crippen LogP contribution in [0.5, 0.6) is 0 Å². The molecule has 6 nitrogen and oxygen atoms in total. The molecule has 0 aliphatic heterocycles. The lowest BCUT2D eigenvalue weighted by atomic mass is 10.3. The number of aliphatic carboxylic acids is 1. The Bertz CT molecular complexity index is 430. The lowest BCUT2D eigenvalue weighted by Crippen LogP contribution is -2.19. The summed E-state index contributed by atoms with van der Waals surface area (Å²) in [6.07, 6.45) is 1.60. The summed E-state index contributed by atoms with van der Waals surface area (Å²) in [5, 5.41) is 9.12. The van der Waals surface area contributed by atoms with Crippen LogP contribution < -0.4 is 0 Å². The third kappa shape index (κ3) is 3.23. The fourth-order valence-corrected chi connectivity index (χ4v) is 2.23. The number of esters is 1. The number of hydrogen-bond donors (Lipinski definition) is 1. The van der Waals surface area contributed by atoms with Crippen molar-refractivity contribution in [1.82, 2.24) is 9.55 Å². The molecule has 7 heteroatoms. The zero-order valence-electron chi connectivity index (χ0n) is 9.84. The molecule has 1 heterocycles. The molecule has 1 atom stereocenters. The number of carboxylic acids is 1. The summed E-state index contributed by atoms with van der Waals surface area (Å²) in [4.78, 5) is 26.0. The summed E-state index contributed by atoms with van der Waals surface area (Å²) >= 11 is 1.08. The minimum atomic E-state index is -0.923. The summed E-state index contributed by atoms with van der Waals surface area (Å²) < 4.78 is 6.32. The van der Waals surface area contributed by atoms with E-state index in [1.807, 2.05) is 0 Å². The van der Waals surface area contributed by atoms with Crippen molar-refractivity contribution in [3.8, 4) is 0 Å². The van der Waals surface area contributed by atoms with E-state index in [9.17, 15) is 9.59 Å². The van der Waals surface area contributed by atoms with Crippen molar-refractivity contribution in [3.05, 3.63) is 11.9 Å². The van der Waals surface area contributed by atoms with Gasteiger partial charge < -0.3 is 14.4 Å². The van der Waals surface area contributed by atoms with E-state index in [1.165, 1.54) is 7.11 Å². The number of imidazole rings is 1. The summed E-state index contributed by atoms with van der Waals surface area (Å²) in [5.41, 5.74) is 0.788. The van der Waals surface area contributed by atoms with Crippen LogP contribution in [0.25, 0.3) is 0 Å². The molecular formula is C10H14N2O4S. The maximum Gasteiger partial charge on any atom is 0.328 e. The van der Waals surface area contributed by atoms with Crippen molar-refractivity contribution >= 4 is 23.7 Å². The molecule has 0 aliphatic rings. The Morgan fingerprint density at radius 1 is 1.65 bits per heavy atom. The highest BCUT2D eigenvalue weighted by Crippen LogP contribution is 2.23. The fourth-order valence-electron chi connectivity index (χ4n) is 1.40. The molecule has 0 radical (unpaired) electrons. The largest absolute Gasteiger partial charge is 0.481 e. The number of methoxy groups -OCH3 is 1. The van der Waals surface area contributed by atoms with Crippen LogP contribution in [0, 0.1) is 6.92 Å². The van der Waals surface area contributed by atoms with Gasteiger partial charge in [0.1, 0.15) is 6.04 Å². The molecule has 1 rings (SSSR count). The van der Waals surface area contributed by atoms with Gasteiger partial charge in [-0.15, -0.1) is 0 Å². The van der Waals surface area contributed by atoms with Gasteiger partial charge in [0.15, 0.2) is 5.16 Å². The van der Waals surface area contributed by atoms with Crippen molar-refractivity contribution in [2.75, 3.05) is 12.9 Å². The van der Waals surface area contributed by atoms with Gasteiger partial charge in [-0.05, 0) is 13.8 Å². The molecule has 17 heavy (non-hydrogen) atoms. The average molecular weight is 258 g/mol. The SMILES string of the molecule is COC(=O)C(C)n1c(C)cnc1SCC(=O)O. The van der Waals surface area contributed by atoms with Crippen LogP contribution in [0.2, 0.25) is 0 Å². The Morgan fingerprint density at radius 3 is 2.82 bits per heavy atom. The number of hydrogen-bond acceptors (Lipinski definition) is 5. The highest BCUT2D eigenvalue weighted by molar-refractivity contribution is 7.99. The maximum absolute atomic E-state index is 11.5. The van der Waals surface area contributed by atoms with Gasteiger partial charge in [-0.3, -0.25) is 4.79 Å². The Balaban J connectivity index is 2.93. The number of aryl methyl sites for hydroxylation is 1. The first-order valence-corrected chi connectivity index (χ1v) is 5.92. The smallest absolute Gasteiger partial charge is 0.328 e. The third-order valence-corrected chi connectivity index (χ3v) is 3.15. The normalized spacial score (nSPS) is 12.2. The number of carbonyl (C=O) groups excluding carboxylic acids is 1. The van der Waals surface area contributed by atoms with Gasteiger partial charge in [0.2, 0.25) is 0 Å². The number of carbonyl (C=O) groups is 2. The number of ether oxygens (including phenoxy) is 1. The zero-order valence-corrected chi connectivity index (χ0v) is 10.7. The number of thioether (sulfide) groups is 1. The second kappa shape index (κ2) is 5.72. The van der Waals surface area contributed by atoms with E-state index >= 15 is 0 Å². The second-order valence-electron chi connectivity index (χ2n) is 3.43. The Kier molecular flexibility index (Phi) is 4.56. The lowest BCUT2D eigenvalue weighted by Gasteiger charge is -2.15. The molecule has 0 spiro atoms. The van der Waals surface area contributed by atoms with E-state index in [2.05, 4.69) is 9.72 Å². The van der Waals surface area contributed by atoms with E-state index in [4.69, 9.17) is 5.11 Å². The van der Waals surface area contributed by atoms with Crippen LogP contribution in [0.3, 0.4) is 0 Å². The minimum absolute atomic E-state index is 0.0929. The van der Waals surface area contributed by atoms with Crippen molar-refractivity contribution in [1.29, 1.82) is 0 Å². The highest BCUT2D eigenvalue weighted by atomic mass is 32.2. The molecule has 0 bridgehead atoms. The molecular weight excluding hydrogens is 244 g/mol. The molecule has 0 saturated carbocycles. The standard InChI is InChI=1S/C10H14N2O4S/c1-6-4-11-10(17-5-8(13)14)12(6)7(2)9(15)16-3/h4,7H,5H2,1-3H3,(H,13,14). The van der Waals surface area contributed by atoms with Crippen LogP contribution in [0.1, 0.15) is 18.7 Å². The van der Waals surface area contributed by atoms with Crippen LogP contribution in [-0.4, -0.2) is 39.5 Å². The molecule has 1 unspecified atom stereocenters. The molecule has 0 saturated heterocycles. The van der Waals surface area contributed by atoms with Crippen LogP contribution in [-0.2, 0) is 14.3 Å². The van der Waals surface area contributed by atoms with Crippen molar-refractivity contribution in [2.24, 2.45) is 0 Å². The van der Waals surface area contributed by atoms with Gasteiger partial charge in [-0.1, -0.05) is 11.8 Å². The Morgan fingerprint density at radius 2 is 2.29 bits per heavy atom. The van der Waals surface area contributed by atoms with E-state index in [0.717, 1.165) is 17.5 Å². The molecule has 0 aliphatic carbocycles. The molecule has 0 aromatic carbocycles. The Hall–Kier alpha value is -1.50. The second-order valence-corrected chi connectivity index (χ2v) is 4.38. The summed E-state index contributed by atoms with van der Waals surface area (Å²) in [5.74, 6) is -1.40. The summed E-state index contributed by atoms with van der Waals surface area (Å²) in [7, 11) is 1.31. The maximum atomic E-state index is 11.5. The number of rotatable bonds is 5. The van der Waals surface area contributed by atoms with Crippen molar-refractivity contribution in [2.45, 2.75) is 25.0 Å². The summed E-state index contributed by atoms with van der Waals surface area (Å²) in [6, 6.07) is -0.515. The molecule has 94 valence electrons.